The maximum atomic E-state index is 12.2. The van der Waals surface area contributed by atoms with Crippen molar-refractivity contribution in [2.75, 3.05) is 0 Å². The van der Waals surface area contributed by atoms with Crippen LogP contribution in [0.15, 0.2) is 72.2 Å². The van der Waals surface area contributed by atoms with Crippen LogP contribution in [0.5, 0.6) is 5.75 Å². The largest absolute Gasteiger partial charge is 0.423 e. The summed E-state index contributed by atoms with van der Waals surface area (Å²) in [7, 11) is 0. The van der Waals surface area contributed by atoms with E-state index in [1.54, 1.807) is 36.4 Å². The summed E-state index contributed by atoms with van der Waals surface area (Å²) in [6.07, 6.45) is 5.73. The van der Waals surface area contributed by atoms with Crippen LogP contribution >= 0.6 is 0 Å². The standard InChI is InChI=1S/C20H16N4O3/c1-14-4-2-3-5-17(14)20(26)27-16-8-6-15(7-9-16)12-23-24-19(25)18-13-21-10-11-22-18/h2-13H,1H3,(H,24,25). The van der Waals surface area contributed by atoms with Gasteiger partial charge in [-0.25, -0.2) is 15.2 Å². The Labute approximate surface area is 155 Å². The van der Waals surface area contributed by atoms with Crippen LogP contribution in [0.4, 0.5) is 0 Å². The summed E-state index contributed by atoms with van der Waals surface area (Å²) in [5.74, 6) is -0.446. The quantitative estimate of drug-likeness (QED) is 0.327. The van der Waals surface area contributed by atoms with Crippen LogP contribution in [0.25, 0.3) is 0 Å². The van der Waals surface area contributed by atoms with Gasteiger partial charge in [0.15, 0.2) is 0 Å². The van der Waals surface area contributed by atoms with Crippen LogP contribution in [0.1, 0.15) is 32.0 Å². The third-order valence-electron chi connectivity index (χ3n) is 3.63. The van der Waals surface area contributed by atoms with Gasteiger partial charge < -0.3 is 4.74 Å². The van der Waals surface area contributed by atoms with Crippen molar-refractivity contribution >= 4 is 18.1 Å². The molecule has 0 aliphatic rings. The third-order valence-corrected chi connectivity index (χ3v) is 3.63. The van der Waals surface area contributed by atoms with Crippen molar-refractivity contribution in [3.8, 4) is 5.75 Å². The lowest BCUT2D eigenvalue weighted by Crippen LogP contribution is -2.19. The zero-order valence-corrected chi connectivity index (χ0v) is 14.5. The molecule has 0 bridgehead atoms. The molecular weight excluding hydrogens is 344 g/mol. The van der Waals surface area contributed by atoms with Gasteiger partial charge in [0.25, 0.3) is 5.91 Å². The third kappa shape index (κ3) is 4.82. The van der Waals surface area contributed by atoms with E-state index in [0.29, 0.717) is 11.3 Å². The van der Waals surface area contributed by atoms with Gasteiger partial charge in [-0.2, -0.15) is 5.10 Å². The highest BCUT2D eigenvalue weighted by molar-refractivity contribution is 5.93. The highest BCUT2D eigenvalue weighted by Crippen LogP contribution is 2.15. The maximum Gasteiger partial charge on any atom is 0.343 e. The Kier molecular flexibility index (Phi) is 5.64. The summed E-state index contributed by atoms with van der Waals surface area (Å²) >= 11 is 0. The summed E-state index contributed by atoms with van der Waals surface area (Å²) in [5, 5.41) is 3.87. The van der Waals surface area contributed by atoms with Gasteiger partial charge in [-0.1, -0.05) is 18.2 Å². The molecule has 0 spiro atoms. The maximum absolute atomic E-state index is 12.2. The van der Waals surface area contributed by atoms with Crippen LogP contribution in [-0.4, -0.2) is 28.1 Å². The Morgan fingerprint density at radius 1 is 1.07 bits per heavy atom. The monoisotopic (exact) mass is 360 g/mol. The first kappa shape index (κ1) is 17.9. The van der Waals surface area contributed by atoms with Crippen LogP contribution in [0.3, 0.4) is 0 Å². The number of aryl methyl sites for hydroxylation is 1. The van der Waals surface area contributed by atoms with Gasteiger partial charge in [-0.05, 0) is 48.4 Å². The number of esters is 1. The van der Waals surface area contributed by atoms with Crippen molar-refractivity contribution < 1.29 is 14.3 Å². The molecule has 3 aromatic rings. The molecule has 3 rings (SSSR count). The van der Waals surface area contributed by atoms with Crippen LogP contribution < -0.4 is 10.2 Å². The van der Waals surface area contributed by atoms with E-state index in [0.717, 1.165) is 11.1 Å². The molecule has 0 atom stereocenters. The molecule has 0 saturated carbocycles. The molecule has 0 fully saturated rings. The Balaban J connectivity index is 1.58. The SMILES string of the molecule is Cc1ccccc1C(=O)Oc1ccc(C=NNC(=O)c2cnccn2)cc1. The molecule has 27 heavy (non-hydrogen) atoms. The number of hydrogen-bond acceptors (Lipinski definition) is 6. The highest BCUT2D eigenvalue weighted by Gasteiger charge is 2.10. The second-order valence-electron chi connectivity index (χ2n) is 5.56. The predicted molar refractivity (Wildman–Crippen MR) is 99.7 cm³/mol. The lowest BCUT2D eigenvalue weighted by molar-refractivity contribution is 0.0733. The van der Waals surface area contributed by atoms with Gasteiger partial charge in [0.2, 0.25) is 0 Å². The number of rotatable bonds is 5. The van der Waals surface area contributed by atoms with Crippen molar-refractivity contribution in [1.82, 2.24) is 15.4 Å². The minimum Gasteiger partial charge on any atom is -0.423 e. The number of ether oxygens (including phenoxy) is 1. The minimum atomic E-state index is -0.455. The zero-order chi connectivity index (χ0) is 19.1. The van der Waals surface area contributed by atoms with Gasteiger partial charge in [0.05, 0.1) is 18.0 Å². The molecule has 0 saturated heterocycles. The molecule has 1 heterocycles. The topological polar surface area (TPSA) is 93.5 Å². The van der Waals surface area contributed by atoms with Crippen LogP contribution in [0, 0.1) is 6.92 Å². The summed E-state index contributed by atoms with van der Waals surface area (Å²) in [4.78, 5) is 31.7. The molecule has 1 amide bonds. The zero-order valence-electron chi connectivity index (χ0n) is 14.5. The number of carbonyl (C=O) groups excluding carboxylic acids is 2. The van der Waals surface area contributed by atoms with E-state index in [4.69, 9.17) is 4.74 Å². The van der Waals surface area contributed by atoms with Crippen molar-refractivity contribution in [3.63, 3.8) is 0 Å². The number of amides is 1. The van der Waals surface area contributed by atoms with Crippen molar-refractivity contribution in [1.29, 1.82) is 0 Å². The Bertz CT molecular complexity index is 970. The van der Waals surface area contributed by atoms with E-state index >= 15 is 0 Å². The summed E-state index contributed by atoms with van der Waals surface area (Å²) < 4.78 is 5.37. The summed E-state index contributed by atoms with van der Waals surface area (Å²) in [5.41, 5.74) is 4.64. The van der Waals surface area contributed by atoms with E-state index in [2.05, 4.69) is 20.5 Å². The average molecular weight is 360 g/mol. The molecule has 0 unspecified atom stereocenters. The number of nitrogens with zero attached hydrogens (tertiary/aromatic N) is 3. The van der Waals surface area contributed by atoms with Gasteiger partial charge in [-0.15, -0.1) is 0 Å². The Morgan fingerprint density at radius 2 is 1.85 bits per heavy atom. The van der Waals surface area contributed by atoms with Crippen molar-refractivity contribution in [3.05, 3.63) is 89.5 Å². The van der Waals surface area contributed by atoms with Gasteiger partial charge >= 0.3 is 5.97 Å². The number of hydrazone groups is 1. The fourth-order valence-corrected chi connectivity index (χ4v) is 2.22. The Hall–Kier alpha value is -3.87. The fourth-order valence-electron chi connectivity index (χ4n) is 2.22. The number of carbonyl (C=O) groups is 2. The second-order valence-corrected chi connectivity index (χ2v) is 5.56. The van der Waals surface area contributed by atoms with E-state index in [-0.39, 0.29) is 5.69 Å². The molecule has 134 valence electrons. The number of benzene rings is 2. The van der Waals surface area contributed by atoms with Crippen LogP contribution in [-0.2, 0) is 0 Å². The summed E-state index contributed by atoms with van der Waals surface area (Å²) in [6, 6.07) is 14.0. The van der Waals surface area contributed by atoms with E-state index < -0.39 is 11.9 Å². The van der Waals surface area contributed by atoms with Crippen molar-refractivity contribution in [2.45, 2.75) is 6.92 Å². The van der Waals surface area contributed by atoms with Gasteiger partial charge in [0, 0.05) is 12.4 Å². The first-order valence-corrected chi connectivity index (χ1v) is 8.11. The molecule has 1 N–H and O–H groups in total. The Morgan fingerprint density at radius 3 is 2.56 bits per heavy atom. The van der Waals surface area contributed by atoms with E-state index in [1.165, 1.54) is 24.8 Å². The number of hydrogen-bond donors (Lipinski definition) is 1. The van der Waals surface area contributed by atoms with Crippen molar-refractivity contribution in [2.24, 2.45) is 5.10 Å². The minimum absolute atomic E-state index is 0.174. The second kappa shape index (κ2) is 8.48. The first-order chi connectivity index (χ1) is 13.1. The highest BCUT2D eigenvalue weighted by atomic mass is 16.5. The lowest BCUT2D eigenvalue weighted by atomic mass is 10.1. The average Bonchev–Trinajstić information content (AvgIpc) is 2.70. The molecule has 0 aliphatic carbocycles. The first-order valence-electron chi connectivity index (χ1n) is 8.11. The molecule has 0 radical (unpaired) electrons. The van der Waals surface area contributed by atoms with Gasteiger partial charge in [-0.3, -0.25) is 9.78 Å². The van der Waals surface area contributed by atoms with Gasteiger partial charge in [0.1, 0.15) is 11.4 Å². The fraction of sp³-hybridized carbons (Fsp3) is 0.0500. The molecule has 2 aromatic carbocycles. The normalized spacial score (nSPS) is 10.6. The van der Waals surface area contributed by atoms with E-state index in [1.807, 2.05) is 19.1 Å². The smallest absolute Gasteiger partial charge is 0.343 e. The molecule has 7 nitrogen and oxygen atoms in total. The summed E-state index contributed by atoms with van der Waals surface area (Å²) in [6.45, 7) is 1.85. The lowest BCUT2D eigenvalue weighted by Gasteiger charge is -2.06. The molecule has 1 aromatic heterocycles. The predicted octanol–water partition coefficient (Wildman–Crippen LogP) is 2.77. The van der Waals surface area contributed by atoms with Crippen LogP contribution in [0.2, 0.25) is 0 Å². The number of nitrogens with one attached hydrogen (secondary N) is 1. The number of aromatic nitrogens is 2. The molecule has 0 aliphatic heterocycles. The molecular formula is C20H16N4O3. The molecule has 7 heteroatoms. The van der Waals surface area contributed by atoms with E-state index in [9.17, 15) is 9.59 Å².